The fourth-order valence-electron chi connectivity index (χ4n) is 6.71. The van der Waals surface area contributed by atoms with Crippen LogP contribution in [0.5, 0.6) is 0 Å². The Morgan fingerprint density at radius 2 is 1.53 bits per heavy atom. The van der Waals surface area contributed by atoms with Gasteiger partial charge in [0.15, 0.2) is 5.82 Å². The number of nitrogens with zero attached hydrogens (tertiary/aromatic N) is 5. The molecule has 4 aliphatic heterocycles. The van der Waals surface area contributed by atoms with Crippen LogP contribution in [0.25, 0.3) is 11.4 Å². The highest BCUT2D eigenvalue weighted by atomic mass is 16.5. The molecule has 43 heavy (non-hydrogen) atoms. The molecule has 3 fully saturated rings. The van der Waals surface area contributed by atoms with E-state index in [0.29, 0.717) is 22.8 Å². The van der Waals surface area contributed by atoms with E-state index >= 15 is 0 Å². The number of likely N-dealkylation sites (tertiary alicyclic amines) is 1. The lowest BCUT2D eigenvalue weighted by Crippen LogP contribution is -2.44. The smallest absolute Gasteiger partial charge is 0.323 e. The van der Waals surface area contributed by atoms with E-state index in [-0.39, 0.29) is 24.1 Å². The van der Waals surface area contributed by atoms with Crippen molar-refractivity contribution in [3.05, 3.63) is 65.4 Å². The molecule has 224 valence electrons. The van der Waals surface area contributed by atoms with Crippen molar-refractivity contribution in [1.82, 2.24) is 19.8 Å². The van der Waals surface area contributed by atoms with Gasteiger partial charge in [0.2, 0.25) is 0 Å². The van der Waals surface area contributed by atoms with Gasteiger partial charge in [-0.05, 0) is 87.2 Å². The van der Waals surface area contributed by atoms with Crippen LogP contribution >= 0.6 is 0 Å². The molecule has 2 aromatic carbocycles. The topological polar surface area (TPSA) is 103 Å². The lowest BCUT2D eigenvalue weighted by Gasteiger charge is -2.36. The SMILES string of the molecule is CCN1CCc2c(nc(-c3ccc(NC(=O)Nc4ccc(C(=O)N5CCCC5)cc4)cc3)nc2N2CC3CCC(C2)O3)C1. The predicted octanol–water partition coefficient (Wildman–Crippen LogP) is 4.77. The van der Waals surface area contributed by atoms with Gasteiger partial charge < -0.3 is 25.2 Å². The van der Waals surface area contributed by atoms with Crippen LogP contribution in [-0.2, 0) is 17.7 Å². The zero-order chi connectivity index (χ0) is 29.3. The molecule has 10 heteroatoms. The number of amides is 3. The standard InChI is InChI=1S/C33H39N7O3/c1-2-38-18-15-28-29(21-38)36-30(37-31(28)40-19-26-13-14-27(20-40)43-26)22-5-9-24(10-6-22)34-33(42)35-25-11-7-23(8-12-25)32(41)39-16-3-4-17-39/h5-12,26-27H,2-4,13-21H2,1H3,(H2,34,35,42). The van der Waals surface area contributed by atoms with Crippen molar-refractivity contribution < 1.29 is 14.3 Å². The number of nitrogens with one attached hydrogen (secondary N) is 2. The van der Waals surface area contributed by atoms with E-state index in [9.17, 15) is 9.59 Å². The number of urea groups is 1. The number of carbonyl (C=O) groups excluding carboxylic acids is 2. The maximum absolute atomic E-state index is 12.7. The number of hydrogen-bond acceptors (Lipinski definition) is 7. The van der Waals surface area contributed by atoms with Gasteiger partial charge >= 0.3 is 6.03 Å². The summed E-state index contributed by atoms with van der Waals surface area (Å²) in [6.07, 6.45) is 5.89. The zero-order valence-corrected chi connectivity index (χ0v) is 24.7. The van der Waals surface area contributed by atoms with Crippen LogP contribution in [0.2, 0.25) is 0 Å². The highest BCUT2D eigenvalue weighted by Gasteiger charge is 2.36. The number of morpholine rings is 1. The van der Waals surface area contributed by atoms with Gasteiger partial charge in [0.1, 0.15) is 5.82 Å². The normalized spacial score (nSPS) is 21.5. The van der Waals surface area contributed by atoms with Crippen LogP contribution in [0.4, 0.5) is 22.0 Å². The first-order valence-electron chi connectivity index (χ1n) is 15.6. The van der Waals surface area contributed by atoms with Gasteiger partial charge in [-0.3, -0.25) is 9.69 Å². The first kappa shape index (κ1) is 27.8. The third kappa shape index (κ3) is 5.94. The fraction of sp³-hybridized carbons (Fsp3) is 0.455. The molecule has 3 aromatic rings. The van der Waals surface area contributed by atoms with E-state index in [1.165, 1.54) is 5.56 Å². The number of fused-ring (bicyclic) bond motifs is 3. The molecule has 7 rings (SSSR count). The molecule has 3 saturated heterocycles. The second-order valence-electron chi connectivity index (χ2n) is 12.0. The average Bonchev–Trinajstić information content (AvgIpc) is 3.70. The van der Waals surface area contributed by atoms with Gasteiger partial charge in [0, 0.05) is 67.3 Å². The van der Waals surface area contributed by atoms with Crippen molar-refractivity contribution in [2.45, 2.75) is 57.8 Å². The fourth-order valence-corrected chi connectivity index (χ4v) is 6.71. The number of hydrogen-bond donors (Lipinski definition) is 2. The van der Waals surface area contributed by atoms with Crippen molar-refractivity contribution in [2.24, 2.45) is 0 Å². The summed E-state index contributed by atoms with van der Waals surface area (Å²) in [4.78, 5) is 42.2. The Kier molecular flexibility index (Phi) is 7.71. The molecule has 2 bridgehead atoms. The van der Waals surface area contributed by atoms with Crippen molar-refractivity contribution in [3.8, 4) is 11.4 Å². The molecule has 10 nitrogen and oxygen atoms in total. The molecule has 0 radical (unpaired) electrons. The number of benzene rings is 2. The first-order chi connectivity index (χ1) is 21.0. The summed E-state index contributed by atoms with van der Waals surface area (Å²) < 4.78 is 6.11. The highest BCUT2D eigenvalue weighted by Crippen LogP contribution is 2.34. The number of carbonyl (C=O) groups is 2. The summed E-state index contributed by atoms with van der Waals surface area (Å²) in [5, 5.41) is 5.75. The van der Waals surface area contributed by atoms with Gasteiger partial charge in [-0.15, -0.1) is 0 Å². The lowest BCUT2D eigenvalue weighted by molar-refractivity contribution is 0.0301. The van der Waals surface area contributed by atoms with Gasteiger partial charge in [-0.2, -0.15) is 0 Å². The van der Waals surface area contributed by atoms with E-state index < -0.39 is 0 Å². The molecule has 0 saturated carbocycles. The second kappa shape index (κ2) is 11.9. The molecule has 0 aliphatic carbocycles. The Morgan fingerprint density at radius 3 is 2.19 bits per heavy atom. The summed E-state index contributed by atoms with van der Waals surface area (Å²) in [6.45, 7) is 8.44. The number of aromatic nitrogens is 2. The predicted molar refractivity (Wildman–Crippen MR) is 166 cm³/mol. The lowest BCUT2D eigenvalue weighted by atomic mass is 10.0. The van der Waals surface area contributed by atoms with Crippen LogP contribution in [0.15, 0.2) is 48.5 Å². The number of rotatable bonds is 6. The summed E-state index contributed by atoms with van der Waals surface area (Å²) >= 11 is 0. The molecule has 4 aliphatic rings. The Balaban J connectivity index is 1.04. The molecule has 2 unspecified atom stereocenters. The quantitative estimate of drug-likeness (QED) is 0.432. The molecular weight excluding hydrogens is 542 g/mol. The number of likely N-dealkylation sites (N-methyl/N-ethyl adjacent to an activating group) is 1. The van der Waals surface area contributed by atoms with Crippen LogP contribution < -0.4 is 15.5 Å². The number of anilines is 3. The van der Waals surface area contributed by atoms with Gasteiger partial charge in [-0.1, -0.05) is 6.92 Å². The van der Waals surface area contributed by atoms with Crippen LogP contribution in [0.3, 0.4) is 0 Å². The van der Waals surface area contributed by atoms with E-state index in [1.807, 2.05) is 29.2 Å². The summed E-state index contributed by atoms with van der Waals surface area (Å²) in [7, 11) is 0. The van der Waals surface area contributed by atoms with Crippen LogP contribution in [0, 0.1) is 0 Å². The van der Waals surface area contributed by atoms with Crippen molar-refractivity contribution in [1.29, 1.82) is 0 Å². The maximum atomic E-state index is 12.7. The van der Waals surface area contributed by atoms with Crippen molar-refractivity contribution in [3.63, 3.8) is 0 Å². The van der Waals surface area contributed by atoms with E-state index in [2.05, 4.69) is 27.4 Å². The Bertz CT molecular complexity index is 1480. The number of ether oxygens (including phenoxy) is 1. The van der Waals surface area contributed by atoms with E-state index in [4.69, 9.17) is 14.7 Å². The average molecular weight is 582 g/mol. The van der Waals surface area contributed by atoms with Gasteiger partial charge in [0.05, 0.1) is 17.9 Å². The molecule has 2 atom stereocenters. The van der Waals surface area contributed by atoms with E-state index in [1.54, 1.807) is 24.3 Å². The van der Waals surface area contributed by atoms with Crippen molar-refractivity contribution in [2.75, 3.05) is 54.8 Å². The minimum absolute atomic E-state index is 0.0448. The van der Waals surface area contributed by atoms with Gasteiger partial charge in [-0.25, -0.2) is 14.8 Å². The molecule has 5 heterocycles. The molecular formula is C33H39N7O3. The molecule has 1 aromatic heterocycles. The molecule has 0 spiro atoms. The zero-order valence-electron chi connectivity index (χ0n) is 24.7. The third-order valence-corrected chi connectivity index (χ3v) is 9.10. The molecule has 3 amide bonds. The Labute approximate surface area is 252 Å². The van der Waals surface area contributed by atoms with Crippen LogP contribution in [-0.4, -0.2) is 83.2 Å². The first-order valence-corrected chi connectivity index (χ1v) is 15.6. The van der Waals surface area contributed by atoms with E-state index in [0.717, 1.165) is 95.0 Å². The maximum Gasteiger partial charge on any atom is 0.323 e. The molecule has 2 N–H and O–H groups in total. The van der Waals surface area contributed by atoms with Crippen LogP contribution in [0.1, 0.15) is 54.2 Å². The highest BCUT2D eigenvalue weighted by molar-refractivity contribution is 6.00. The summed E-state index contributed by atoms with van der Waals surface area (Å²) in [6, 6.07) is 14.4. The third-order valence-electron chi connectivity index (χ3n) is 9.10. The summed E-state index contributed by atoms with van der Waals surface area (Å²) in [5.41, 5.74) is 5.24. The largest absolute Gasteiger partial charge is 0.371 e. The second-order valence-corrected chi connectivity index (χ2v) is 12.0. The minimum Gasteiger partial charge on any atom is -0.371 e. The Hall–Kier alpha value is -4.02. The monoisotopic (exact) mass is 581 g/mol. The minimum atomic E-state index is -0.347. The Morgan fingerprint density at radius 1 is 0.884 bits per heavy atom. The van der Waals surface area contributed by atoms with Crippen molar-refractivity contribution >= 4 is 29.1 Å². The summed E-state index contributed by atoms with van der Waals surface area (Å²) in [5.74, 6) is 1.82. The van der Waals surface area contributed by atoms with Gasteiger partial charge in [0.25, 0.3) is 5.91 Å².